The summed E-state index contributed by atoms with van der Waals surface area (Å²) in [7, 11) is 1.03. The van der Waals surface area contributed by atoms with E-state index in [0.29, 0.717) is 19.0 Å². The summed E-state index contributed by atoms with van der Waals surface area (Å²) < 4.78 is 16.9. The summed E-state index contributed by atoms with van der Waals surface area (Å²) in [6, 6.07) is 14.5. The highest BCUT2D eigenvalue weighted by Gasteiger charge is 2.29. The van der Waals surface area contributed by atoms with E-state index < -0.39 is 7.12 Å². The van der Waals surface area contributed by atoms with Gasteiger partial charge in [-0.3, -0.25) is 0 Å². The first-order valence-corrected chi connectivity index (χ1v) is 8.97. The molecule has 0 spiro atoms. The molecule has 1 saturated heterocycles. The zero-order valence-electron chi connectivity index (χ0n) is 14.5. The van der Waals surface area contributed by atoms with Gasteiger partial charge in [-0.2, -0.15) is 0 Å². The van der Waals surface area contributed by atoms with Gasteiger partial charge >= 0.3 is 7.12 Å². The summed E-state index contributed by atoms with van der Waals surface area (Å²) in [5, 5.41) is 9.60. The van der Waals surface area contributed by atoms with Crippen LogP contribution in [0.15, 0.2) is 42.5 Å². The summed E-state index contributed by atoms with van der Waals surface area (Å²) in [6.45, 7) is 0.573. The van der Waals surface area contributed by atoms with Gasteiger partial charge in [0.15, 0.2) is 11.5 Å². The first-order chi connectivity index (χ1) is 12.2. The molecule has 4 rings (SSSR count). The van der Waals surface area contributed by atoms with Gasteiger partial charge in [0.05, 0.1) is 13.2 Å². The third-order valence-electron chi connectivity index (χ3n) is 5.18. The van der Waals surface area contributed by atoms with Crippen molar-refractivity contribution in [3.05, 3.63) is 48.0 Å². The minimum absolute atomic E-state index is 0.249. The third kappa shape index (κ3) is 3.53. The minimum atomic E-state index is -0.642. The Labute approximate surface area is 148 Å². The first-order valence-electron chi connectivity index (χ1n) is 8.97. The van der Waals surface area contributed by atoms with E-state index in [1.54, 1.807) is 7.11 Å². The molecular weight excluding hydrogens is 315 g/mol. The zero-order chi connectivity index (χ0) is 17.2. The Morgan fingerprint density at radius 2 is 1.92 bits per heavy atom. The van der Waals surface area contributed by atoms with Crippen molar-refractivity contribution in [1.82, 2.24) is 0 Å². The smallest absolute Gasteiger partial charge is 0.454 e. The van der Waals surface area contributed by atoms with Crippen molar-refractivity contribution in [1.29, 1.82) is 0 Å². The van der Waals surface area contributed by atoms with E-state index in [1.165, 1.54) is 12.0 Å². The van der Waals surface area contributed by atoms with Crippen molar-refractivity contribution in [3.63, 3.8) is 0 Å². The molecular formula is C20H23BO4. The lowest BCUT2D eigenvalue weighted by molar-refractivity contribution is 0.116. The lowest BCUT2D eigenvalue weighted by atomic mass is 9.79. The van der Waals surface area contributed by atoms with Crippen LogP contribution in [0.25, 0.3) is 11.1 Å². The highest BCUT2D eigenvalue weighted by atomic mass is 16.5. The molecule has 2 aliphatic rings. The number of methoxy groups -OCH3 is 1. The number of hydrogen-bond acceptors (Lipinski definition) is 4. The van der Waals surface area contributed by atoms with Crippen LogP contribution in [0.2, 0.25) is 6.32 Å². The summed E-state index contributed by atoms with van der Waals surface area (Å²) in [5.74, 6) is 1.84. The lowest BCUT2D eigenvalue weighted by Crippen LogP contribution is -2.24. The van der Waals surface area contributed by atoms with E-state index in [4.69, 9.17) is 14.1 Å². The molecule has 2 fully saturated rings. The van der Waals surface area contributed by atoms with Crippen LogP contribution in [0.1, 0.15) is 30.7 Å². The zero-order valence-corrected chi connectivity index (χ0v) is 14.5. The molecule has 25 heavy (non-hydrogen) atoms. The second-order valence-electron chi connectivity index (χ2n) is 6.88. The summed E-state index contributed by atoms with van der Waals surface area (Å²) in [6.07, 6.45) is 4.44. The third-order valence-corrected chi connectivity index (χ3v) is 5.18. The van der Waals surface area contributed by atoms with Crippen LogP contribution < -0.4 is 9.47 Å². The van der Waals surface area contributed by atoms with Gasteiger partial charge in [-0.15, -0.1) is 0 Å². The van der Waals surface area contributed by atoms with Crippen molar-refractivity contribution in [3.8, 4) is 22.6 Å². The number of hydrogen-bond donors (Lipinski definition) is 1. The van der Waals surface area contributed by atoms with Crippen LogP contribution in [0.3, 0.4) is 0 Å². The Kier molecular flexibility index (Phi) is 4.68. The second kappa shape index (κ2) is 7.10. The average Bonchev–Trinajstić information content (AvgIpc) is 3.04. The maximum Gasteiger partial charge on any atom is 0.454 e. The fraction of sp³-hybridized carbons (Fsp3) is 0.400. The summed E-state index contributed by atoms with van der Waals surface area (Å²) in [5.41, 5.74) is 3.45. The minimum Gasteiger partial charge on any atom is -0.493 e. The molecule has 1 aliphatic heterocycles. The van der Waals surface area contributed by atoms with E-state index in [0.717, 1.165) is 35.5 Å². The molecule has 0 amide bonds. The second-order valence-corrected chi connectivity index (χ2v) is 6.88. The van der Waals surface area contributed by atoms with Gasteiger partial charge in [0.25, 0.3) is 0 Å². The van der Waals surface area contributed by atoms with Gasteiger partial charge in [0.2, 0.25) is 0 Å². The molecule has 2 aromatic carbocycles. The molecule has 5 heteroatoms. The molecule has 2 aromatic rings. The van der Waals surface area contributed by atoms with Crippen molar-refractivity contribution in [2.45, 2.75) is 37.6 Å². The van der Waals surface area contributed by atoms with Crippen LogP contribution >= 0.6 is 0 Å². The predicted molar refractivity (Wildman–Crippen MR) is 98.2 cm³/mol. The van der Waals surface area contributed by atoms with E-state index >= 15 is 0 Å². The molecule has 4 nitrogen and oxygen atoms in total. The van der Waals surface area contributed by atoms with Crippen LogP contribution in [0, 0.1) is 0 Å². The summed E-state index contributed by atoms with van der Waals surface area (Å²) >= 11 is 0. The molecule has 0 aromatic heterocycles. The van der Waals surface area contributed by atoms with E-state index in [9.17, 15) is 5.02 Å². The molecule has 0 radical (unpaired) electrons. The van der Waals surface area contributed by atoms with Crippen LogP contribution in [-0.2, 0) is 4.65 Å². The molecule has 0 bridgehead atoms. The van der Waals surface area contributed by atoms with Crippen LogP contribution in [0.5, 0.6) is 11.5 Å². The predicted octanol–water partition coefficient (Wildman–Crippen LogP) is 3.89. The maximum absolute atomic E-state index is 9.60. The normalized spacial score (nSPS) is 20.4. The van der Waals surface area contributed by atoms with Crippen molar-refractivity contribution >= 4 is 7.12 Å². The van der Waals surface area contributed by atoms with Gasteiger partial charge in [-0.25, -0.2) is 0 Å². The fourth-order valence-electron chi connectivity index (χ4n) is 3.43. The van der Waals surface area contributed by atoms with Crippen molar-refractivity contribution in [2.75, 3.05) is 13.7 Å². The largest absolute Gasteiger partial charge is 0.493 e. The average molecular weight is 338 g/mol. The topological polar surface area (TPSA) is 47.9 Å². The Morgan fingerprint density at radius 1 is 1.08 bits per heavy atom. The van der Waals surface area contributed by atoms with Gasteiger partial charge < -0.3 is 19.2 Å². The Bertz CT molecular complexity index is 744. The van der Waals surface area contributed by atoms with Gasteiger partial charge in [-0.05, 0) is 54.4 Å². The van der Waals surface area contributed by atoms with E-state index in [-0.39, 0.29) is 5.92 Å². The van der Waals surface area contributed by atoms with Gasteiger partial charge in [0, 0.05) is 12.5 Å². The maximum atomic E-state index is 9.60. The molecule has 1 atom stereocenters. The number of benzene rings is 2. The van der Waals surface area contributed by atoms with Crippen molar-refractivity contribution < 1.29 is 19.2 Å². The molecule has 1 saturated carbocycles. The van der Waals surface area contributed by atoms with Gasteiger partial charge in [0.1, 0.15) is 0 Å². The van der Waals surface area contributed by atoms with E-state index in [2.05, 4.69) is 36.4 Å². The molecule has 1 heterocycles. The van der Waals surface area contributed by atoms with E-state index in [1.807, 2.05) is 6.07 Å². The standard InChI is InChI=1S/C20H23BO4/c1-23-19-9-8-16(11-20(19)25-18-6-3-7-18)14-4-2-5-15(10-14)17-12-21(22)24-13-17/h2,4-5,8-11,17-18,22H,3,6-7,12-13H2,1H3. The summed E-state index contributed by atoms with van der Waals surface area (Å²) in [4.78, 5) is 0. The fourth-order valence-corrected chi connectivity index (χ4v) is 3.43. The molecule has 1 unspecified atom stereocenters. The quantitative estimate of drug-likeness (QED) is 0.841. The van der Waals surface area contributed by atoms with Crippen molar-refractivity contribution in [2.24, 2.45) is 0 Å². The van der Waals surface area contributed by atoms with Crippen LogP contribution in [0.4, 0.5) is 0 Å². The molecule has 1 aliphatic carbocycles. The first kappa shape index (κ1) is 16.5. The van der Waals surface area contributed by atoms with Gasteiger partial charge in [-0.1, -0.05) is 30.3 Å². The Balaban J connectivity index is 1.61. The highest BCUT2D eigenvalue weighted by Crippen LogP contribution is 2.37. The highest BCUT2D eigenvalue weighted by molar-refractivity contribution is 6.43. The Hall–Kier alpha value is -1.98. The monoisotopic (exact) mass is 338 g/mol. The van der Waals surface area contributed by atoms with Crippen LogP contribution in [-0.4, -0.2) is 32.0 Å². The molecule has 1 N–H and O–H groups in total. The lowest BCUT2D eigenvalue weighted by Gasteiger charge is -2.27. The molecule has 130 valence electrons. The number of ether oxygens (including phenoxy) is 2. The SMILES string of the molecule is COc1ccc(-c2cccc(C3COB(O)C3)c2)cc1OC1CCC1. The number of rotatable bonds is 5. The Morgan fingerprint density at radius 3 is 2.60 bits per heavy atom.